The molecule has 0 saturated carbocycles. The van der Waals surface area contributed by atoms with Gasteiger partial charge in [-0.2, -0.15) is 0 Å². The SMILES string of the molecule is CCC(SCC(=O)Nc1c(C)cc(C)cc1C)C(=O)O. The number of rotatable bonds is 6. The van der Waals surface area contributed by atoms with E-state index in [4.69, 9.17) is 5.11 Å². The molecule has 4 nitrogen and oxygen atoms in total. The number of aryl methyl sites for hydroxylation is 3. The van der Waals surface area contributed by atoms with Crippen molar-refractivity contribution in [3.63, 3.8) is 0 Å². The van der Waals surface area contributed by atoms with Gasteiger partial charge in [-0.25, -0.2) is 0 Å². The van der Waals surface area contributed by atoms with Gasteiger partial charge in [0.25, 0.3) is 0 Å². The summed E-state index contributed by atoms with van der Waals surface area (Å²) >= 11 is 1.16. The summed E-state index contributed by atoms with van der Waals surface area (Å²) in [5.41, 5.74) is 4.02. The molecule has 110 valence electrons. The molecule has 0 heterocycles. The molecular weight excluding hydrogens is 274 g/mol. The lowest BCUT2D eigenvalue weighted by Gasteiger charge is -2.14. The second-order valence-corrected chi connectivity index (χ2v) is 6.06. The lowest BCUT2D eigenvalue weighted by atomic mass is 10.1. The molecule has 1 aromatic rings. The number of carboxylic acid groups (broad SMARTS) is 1. The normalized spacial score (nSPS) is 12.0. The highest BCUT2D eigenvalue weighted by molar-refractivity contribution is 8.01. The quantitative estimate of drug-likeness (QED) is 0.846. The van der Waals surface area contributed by atoms with Crippen molar-refractivity contribution in [2.75, 3.05) is 11.1 Å². The van der Waals surface area contributed by atoms with E-state index in [1.54, 1.807) is 6.92 Å². The first kappa shape index (κ1) is 16.6. The van der Waals surface area contributed by atoms with Crippen LogP contribution in [0.25, 0.3) is 0 Å². The number of thioether (sulfide) groups is 1. The molecule has 0 aliphatic heterocycles. The number of anilines is 1. The fourth-order valence-electron chi connectivity index (χ4n) is 2.09. The summed E-state index contributed by atoms with van der Waals surface area (Å²) in [7, 11) is 0. The number of amides is 1. The van der Waals surface area contributed by atoms with E-state index in [1.165, 1.54) is 0 Å². The van der Waals surface area contributed by atoms with E-state index in [1.807, 2.05) is 32.9 Å². The minimum atomic E-state index is -0.868. The summed E-state index contributed by atoms with van der Waals surface area (Å²) in [5, 5.41) is 11.3. The first-order valence-corrected chi connectivity index (χ1v) is 7.62. The molecule has 0 saturated heterocycles. The summed E-state index contributed by atoms with van der Waals surface area (Å²) < 4.78 is 0. The Morgan fingerprint density at radius 1 is 1.25 bits per heavy atom. The van der Waals surface area contributed by atoms with Gasteiger partial charge in [0.05, 0.1) is 5.75 Å². The van der Waals surface area contributed by atoms with E-state index in [2.05, 4.69) is 5.32 Å². The van der Waals surface area contributed by atoms with Gasteiger partial charge >= 0.3 is 5.97 Å². The molecule has 2 N–H and O–H groups in total. The maximum absolute atomic E-state index is 11.9. The number of aliphatic carboxylic acids is 1. The number of benzene rings is 1. The zero-order valence-electron chi connectivity index (χ0n) is 12.3. The Labute approximate surface area is 124 Å². The minimum absolute atomic E-state index is 0.150. The monoisotopic (exact) mass is 295 g/mol. The maximum Gasteiger partial charge on any atom is 0.316 e. The molecule has 0 spiro atoms. The summed E-state index contributed by atoms with van der Waals surface area (Å²) in [6.07, 6.45) is 0.510. The highest BCUT2D eigenvalue weighted by atomic mass is 32.2. The highest BCUT2D eigenvalue weighted by Gasteiger charge is 2.17. The predicted molar refractivity (Wildman–Crippen MR) is 83.5 cm³/mol. The second-order valence-electron chi connectivity index (χ2n) is 4.87. The van der Waals surface area contributed by atoms with Gasteiger partial charge in [0.2, 0.25) is 5.91 Å². The average Bonchev–Trinajstić information content (AvgIpc) is 2.34. The van der Waals surface area contributed by atoms with Crippen LogP contribution in [0.3, 0.4) is 0 Å². The number of carbonyl (C=O) groups is 2. The van der Waals surface area contributed by atoms with E-state index < -0.39 is 11.2 Å². The maximum atomic E-state index is 11.9. The van der Waals surface area contributed by atoms with E-state index in [9.17, 15) is 9.59 Å². The van der Waals surface area contributed by atoms with Crippen molar-refractivity contribution >= 4 is 29.3 Å². The second kappa shape index (κ2) is 7.33. The van der Waals surface area contributed by atoms with Crippen molar-refractivity contribution < 1.29 is 14.7 Å². The Balaban J connectivity index is 2.66. The van der Waals surface area contributed by atoms with Crippen molar-refractivity contribution in [2.45, 2.75) is 39.4 Å². The highest BCUT2D eigenvalue weighted by Crippen LogP contribution is 2.22. The van der Waals surface area contributed by atoms with Gasteiger partial charge in [-0.05, 0) is 38.3 Å². The van der Waals surface area contributed by atoms with Crippen LogP contribution in [0.1, 0.15) is 30.0 Å². The molecule has 0 aromatic heterocycles. The molecular formula is C15H21NO3S. The largest absolute Gasteiger partial charge is 0.480 e. The molecule has 0 aliphatic rings. The molecule has 5 heteroatoms. The van der Waals surface area contributed by atoms with Crippen LogP contribution in [0.15, 0.2) is 12.1 Å². The van der Waals surface area contributed by atoms with Crippen LogP contribution < -0.4 is 5.32 Å². The third kappa shape index (κ3) is 4.56. The van der Waals surface area contributed by atoms with Gasteiger partial charge in [0, 0.05) is 5.69 Å². The van der Waals surface area contributed by atoms with Gasteiger partial charge in [0.1, 0.15) is 5.25 Å². The zero-order chi connectivity index (χ0) is 15.3. The first-order chi connectivity index (χ1) is 9.35. The van der Waals surface area contributed by atoms with Crippen LogP contribution in [-0.4, -0.2) is 28.0 Å². The molecule has 1 unspecified atom stereocenters. The van der Waals surface area contributed by atoms with Crippen molar-refractivity contribution in [1.29, 1.82) is 0 Å². The minimum Gasteiger partial charge on any atom is -0.480 e. The molecule has 0 bridgehead atoms. The molecule has 0 radical (unpaired) electrons. The number of carboxylic acids is 1. The molecule has 0 fully saturated rings. The van der Waals surface area contributed by atoms with Gasteiger partial charge < -0.3 is 10.4 Å². The third-order valence-electron chi connectivity index (χ3n) is 3.00. The smallest absolute Gasteiger partial charge is 0.316 e. The summed E-state index contributed by atoms with van der Waals surface area (Å²) in [6, 6.07) is 4.03. The van der Waals surface area contributed by atoms with Crippen molar-refractivity contribution in [3.05, 3.63) is 28.8 Å². The first-order valence-electron chi connectivity index (χ1n) is 6.57. The Hall–Kier alpha value is -1.49. The molecule has 1 atom stereocenters. The summed E-state index contributed by atoms with van der Waals surface area (Å²) in [4.78, 5) is 22.8. The molecule has 0 aliphatic carbocycles. The number of carbonyl (C=O) groups excluding carboxylic acids is 1. The Morgan fingerprint density at radius 3 is 2.25 bits per heavy atom. The average molecular weight is 295 g/mol. The van der Waals surface area contributed by atoms with Crippen molar-refractivity contribution in [2.24, 2.45) is 0 Å². The van der Waals surface area contributed by atoms with Gasteiger partial charge in [0.15, 0.2) is 0 Å². The predicted octanol–water partition coefficient (Wildman–Crippen LogP) is 3.15. The summed E-state index contributed by atoms with van der Waals surface area (Å²) in [5.74, 6) is -0.880. The van der Waals surface area contributed by atoms with Crippen molar-refractivity contribution in [1.82, 2.24) is 0 Å². The number of nitrogens with one attached hydrogen (secondary N) is 1. The van der Waals surface area contributed by atoms with Crippen LogP contribution in [0, 0.1) is 20.8 Å². The molecule has 1 amide bonds. The van der Waals surface area contributed by atoms with E-state index in [0.29, 0.717) is 6.42 Å². The van der Waals surface area contributed by atoms with E-state index in [0.717, 1.165) is 34.1 Å². The van der Waals surface area contributed by atoms with Crippen molar-refractivity contribution in [3.8, 4) is 0 Å². The summed E-state index contributed by atoms with van der Waals surface area (Å²) in [6.45, 7) is 7.72. The fraction of sp³-hybridized carbons (Fsp3) is 0.467. The lowest BCUT2D eigenvalue weighted by Crippen LogP contribution is -2.21. The number of hydrogen-bond acceptors (Lipinski definition) is 3. The lowest BCUT2D eigenvalue weighted by molar-refractivity contribution is -0.136. The Morgan fingerprint density at radius 2 is 1.80 bits per heavy atom. The van der Waals surface area contributed by atoms with E-state index >= 15 is 0 Å². The Kier molecular flexibility index (Phi) is 6.07. The van der Waals surface area contributed by atoms with E-state index in [-0.39, 0.29) is 11.7 Å². The van der Waals surface area contributed by atoms with Crippen LogP contribution in [0.4, 0.5) is 5.69 Å². The topological polar surface area (TPSA) is 66.4 Å². The molecule has 1 aromatic carbocycles. The van der Waals surface area contributed by atoms with Gasteiger partial charge in [-0.3, -0.25) is 9.59 Å². The van der Waals surface area contributed by atoms with Crippen LogP contribution in [-0.2, 0) is 9.59 Å². The van der Waals surface area contributed by atoms with Crippen LogP contribution in [0.5, 0.6) is 0 Å². The fourth-order valence-corrected chi connectivity index (χ4v) is 2.90. The standard InChI is InChI=1S/C15H21NO3S/c1-5-12(15(18)19)20-8-13(17)16-14-10(3)6-9(2)7-11(14)4/h6-7,12H,5,8H2,1-4H3,(H,16,17)(H,18,19). The number of hydrogen-bond donors (Lipinski definition) is 2. The Bertz CT molecular complexity index is 491. The third-order valence-corrected chi connectivity index (χ3v) is 4.37. The molecule has 1 rings (SSSR count). The van der Waals surface area contributed by atoms with Crippen LogP contribution in [0.2, 0.25) is 0 Å². The zero-order valence-corrected chi connectivity index (χ0v) is 13.1. The van der Waals surface area contributed by atoms with Crippen LogP contribution >= 0.6 is 11.8 Å². The molecule has 20 heavy (non-hydrogen) atoms. The van der Waals surface area contributed by atoms with Gasteiger partial charge in [-0.1, -0.05) is 24.6 Å². The van der Waals surface area contributed by atoms with Gasteiger partial charge in [-0.15, -0.1) is 11.8 Å².